The van der Waals surface area contributed by atoms with Gasteiger partial charge in [0.15, 0.2) is 0 Å². The summed E-state index contributed by atoms with van der Waals surface area (Å²) < 4.78 is 50.5. The minimum absolute atomic E-state index is 0.0186. The quantitative estimate of drug-likeness (QED) is 0.398. The molecule has 210 valence electrons. The number of benzene rings is 2. The number of aliphatic hydroxyl groups is 1. The van der Waals surface area contributed by atoms with E-state index in [9.17, 15) is 27.9 Å². The number of halogens is 3. The summed E-state index contributed by atoms with van der Waals surface area (Å²) in [6.07, 6.45) is -5.70. The molecular weight excluding hydrogens is 519 g/mol. The second kappa shape index (κ2) is 11.4. The summed E-state index contributed by atoms with van der Waals surface area (Å²) in [5.74, 6) is -0.196. The molecule has 0 saturated heterocycles. The largest absolute Gasteiger partial charge is 0.573 e. The third-order valence-electron chi connectivity index (χ3n) is 6.06. The number of nitrogens with zero attached hydrogens (tertiary/aromatic N) is 4. The molecule has 1 unspecified atom stereocenters. The number of fused-ring (bicyclic) bond motifs is 1. The standard InChI is InChI=1S/C26H30F3N5O5/c1-31(2)15-17-8-10-18(11-9-17)16-34-21-22(32(3)25(37)33(23(21)36)12-5-13-35)30-24(34)38-19-6-4-7-20(14-19)39-26(27,28)29/h4,6-11,14,24,30,35H,5,12-13,15-16H2,1-3H3. The Morgan fingerprint density at radius 2 is 1.72 bits per heavy atom. The van der Waals surface area contributed by atoms with Crippen molar-refractivity contribution in [3.8, 4) is 11.5 Å². The number of aliphatic hydroxyl groups excluding tert-OH is 1. The molecule has 13 heteroatoms. The van der Waals surface area contributed by atoms with Crippen molar-refractivity contribution in [1.82, 2.24) is 14.0 Å². The number of rotatable bonds is 10. The van der Waals surface area contributed by atoms with Crippen molar-refractivity contribution >= 4 is 11.5 Å². The zero-order valence-corrected chi connectivity index (χ0v) is 21.7. The van der Waals surface area contributed by atoms with E-state index in [1.54, 1.807) is 4.90 Å². The minimum atomic E-state index is -4.87. The van der Waals surface area contributed by atoms with Crippen molar-refractivity contribution in [2.45, 2.75) is 38.8 Å². The third kappa shape index (κ3) is 6.55. The highest BCUT2D eigenvalue weighted by molar-refractivity contribution is 5.71. The molecule has 4 rings (SSSR count). The van der Waals surface area contributed by atoms with Gasteiger partial charge in [-0.2, -0.15) is 0 Å². The maximum atomic E-state index is 13.5. The second-order valence-electron chi connectivity index (χ2n) is 9.39. The minimum Gasteiger partial charge on any atom is -0.452 e. The maximum Gasteiger partial charge on any atom is 0.573 e. The van der Waals surface area contributed by atoms with Crippen LogP contribution in [0.15, 0.2) is 58.1 Å². The molecule has 1 aliphatic heterocycles. The van der Waals surface area contributed by atoms with E-state index in [-0.39, 0.29) is 43.4 Å². The van der Waals surface area contributed by atoms with Gasteiger partial charge in [0.2, 0.25) is 0 Å². The van der Waals surface area contributed by atoms with Crippen LogP contribution in [0.25, 0.3) is 0 Å². The SMILES string of the molecule is CN(C)Cc1ccc(CN2c3c(n(C)c(=O)n(CCCO)c3=O)NC2Oc2cccc(OC(F)(F)F)c2)cc1. The smallest absolute Gasteiger partial charge is 0.452 e. The zero-order chi connectivity index (χ0) is 28.3. The normalized spacial score (nSPS) is 14.9. The first-order valence-corrected chi connectivity index (χ1v) is 12.2. The van der Waals surface area contributed by atoms with Crippen LogP contribution >= 0.6 is 0 Å². The molecular formula is C26H30F3N5O5. The van der Waals surface area contributed by atoms with Crippen molar-refractivity contribution in [3.05, 3.63) is 80.5 Å². The van der Waals surface area contributed by atoms with E-state index in [0.29, 0.717) is 0 Å². The highest BCUT2D eigenvalue weighted by atomic mass is 19.4. The Morgan fingerprint density at radius 3 is 2.36 bits per heavy atom. The van der Waals surface area contributed by atoms with Crippen LogP contribution < -0.4 is 30.9 Å². The summed E-state index contributed by atoms with van der Waals surface area (Å²) in [4.78, 5) is 30.1. The molecule has 0 fully saturated rings. The number of aromatic nitrogens is 2. The van der Waals surface area contributed by atoms with Crippen molar-refractivity contribution in [1.29, 1.82) is 0 Å². The van der Waals surface area contributed by atoms with Crippen LogP contribution in [0.2, 0.25) is 0 Å². The van der Waals surface area contributed by atoms with Gasteiger partial charge < -0.3 is 29.7 Å². The average molecular weight is 550 g/mol. The first-order valence-electron chi connectivity index (χ1n) is 12.2. The summed E-state index contributed by atoms with van der Waals surface area (Å²) in [5, 5.41) is 12.3. The number of alkyl halides is 3. The van der Waals surface area contributed by atoms with Gasteiger partial charge in [-0.15, -0.1) is 13.2 Å². The van der Waals surface area contributed by atoms with E-state index in [1.165, 1.54) is 23.7 Å². The molecule has 0 radical (unpaired) electrons. The number of hydrogen-bond donors (Lipinski definition) is 2. The van der Waals surface area contributed by atoms with Gasteiger partial charge in [-0.25, -0.2) is 4.79 Å². The van der Waals surface area contributed by atoms with Crippen molar-refractivity contribution in [2.24, 2.45) is 7.05 Å². The van der Waals surface area contributed by atoms with Gasteiger partial charge in [-0.05, 0) is 43.8 Å². The van der Waals surface area contributed by atoms with Gasteiger partial charge in [0, 0.05) is 39.4 Å². The predicted molar refractivity (Wildman–Crippen MR) is 139 cm³/mol. The lowest BCUT2D eigenvalue weighted by atomic mass is 10.1. The molecule has 0 amide bonds. The lowest BCUT2D eigenvalue weighted by Gasteiger charge is -2.27. The summed E-state index contributed by atoms with van der Waals surface area (Å²) >= 11 is 0. The highest BCUT2D eigenvalue weighted by Gasteiger charge is 2.37. The molecule has 3 aromatic rings. The lowest BCUT2D eigenvalue weighted by molar-refractivity contribution is -0.274. The molecule has 1 atom stereocenters. The molecule has 0 aliphatic carbocycles. The summed E-state index contributed by atoms with van der Waals surface area (Å²) in [5.41, 5.74) is 0.948. The predicted octanol–water partition coefficient (Wildman–Crippen LogP) is 2.68. The topological polar surface area (TPSA) is 101 Å². The van der Waals surface area contributed by atoms with Crippen molar-refractivity contribution < 1.29 is 27.8 Å². The van der Waals surface area contributed by atoms with E-state index in [4.69, 9.17) is 4.74 Å². The first kappa shape index (κ1) is 28.0. The molecule has 10 nitrogen and oxygen atoms in total. The van der Waals surface area contributed by atoms with Gasteiger partial charge in [0.05, 0.1) is 0 Å². The summed E-state index contributed by atoms with van der Waals surface area (Å²) in [6, 6.07) is 12.8. The summed E-state index contributed by atoms with van der Waals surface area (Å²) in [6.45, 7) is 0.758. The molecule has 39 heavy (non-hydrogen) atoms. The molecule has 2 heterocycles. The van der Waals surface area contributed by atoms with Gasteiger partial charge in [0.25, 0.3) is 11.9 Å². The van der Waals surface area contributed by atoms with E-state index < -0.39 is 29.7 Å². The van der Waals surface area contributed by atoms with Crippen molar-refractivity contribution in [2.75, 3.05) is 30.9 Å². The molecule has 2 N–H and O–H groups in total. The monoisotopic (exact) mass is 549 g/mol. The fraction of sp³-hybridized carbons (Fsp3) is 0.385. The Labute approximate surface area is 222 Å². The average Bonchev–Trinajstić information content (AvgIpc) is 3.20. The molecule has 0 bridgehead atoms. The molecule has 0 saturated carbocycles. The van der Waals surface area contributed by atoms with Gasteiger partial charge in [-0.3, -0.25) is 13.9 Å². The molecule has 2 aromatic carbocycles. The maximum absolute atomic E-state index is 13.5. The molecule has 1 aliphatic rings. The van der Waals surface area contributed by atoms with Crippen LogP contribution in [0.1, 0.15) is 17.5 Å². The Balaban J connectivity index is 1.72. The number of nitrogens with one attached hydrogen (secondary N) is 1. The second-order valence-corrected chi connectivity index (χ2v) is 9.39. The Morgan fingerprint density at radius 1 is 1.05 bits per heavy atom. The van der Waals surface area contributed by atoms with Gasteiger partial charge >= 0.3 is 12.1 Å². The van der Waals surface area contributed by atoms with Crippen LogP contribution in [0, 0.1) is 0 Å². The van der Waals surface area contributed by atoms with E-state index >= 15 is 0 Å². The first-order chi connectivity index (χ1) is 18.5. The van der Waals surface area contributed by atoms with Crippen LogP contribution in [-0.4, -0.2) is 52.6 Å². The fourth-order valence-corrected chi connectivity index (χ4v) is 4.35. The summed E-state index contributed by atoms with van der Waals surface area (Å²) in [7, 11) is 5.42. The van der Waals surface area contributed by atoms with Crippen molar-refractivity contribution in [3.63, 3.8) is 0 Å². The van der Waals surface area contributed by atoms with E-state index in [0.717, 1.165) is 34.4 Å². The van der Waals surface area contributed by atoms with Crippen LogP contribution in [-0.2, 0) is 26.7 Å². The zero-order valence-electron chi connectivity index (χ0n) is 21.7. The van der Waals surface area contributed by atoms with E-state index in [1.807, 2.05) is 43.3 Å². The molecule has 1 aromatic heterocycles. The Kier molecular flexibility index (Phi) is 8.21. The highest BCUT2D eigenvalue weighted by Crippen LogP contribution is 2.34. The molecule has 0 spiro atoms. The number of hydrogen-bond acceptors (Lipinski definition) is 8. The van der Waals surface area contributed by atoms with Crippen LogP contribution in [0.5, 0.6) is 11.5 Å². The van der Waals surface area contributed by atoms with E-state index in [2.05, 4.69) is 10.1 Å². The van der Waals surface area contributed by atoms with Crippen LogP contribution in [0.3, 0.4) is 0 Å². The fourth-order valence-electron chi connectivity index (χ4n) is 4.35. The number of ether oxygens (including phenoxy) is 2. The van der Waals surface area contributed by atoms with Gasteiger partial charge in [-0.1, -0.05) is 30.3 Å². The third-order valence-corrected chi connectivity index (χ3v) is 6.06. The lowest BCUT2D eigenvalue weighted by Crippen LogP contribution is -2.43. The van der Waals surface area contributed by atoms with Gasteiger partial charge in [0.1, 0.15) is 23.0 Å². The number of anilines is 2. The van der Waals surface area contributed by atoms with Crippen LogP contribution in [0.4, 0.5) is 24.7 Å². The Bertz CT molecular complexity index is 1420. The Hall–Kier alpha value is -3.97.